The molecule has 2 amide bonds. The molecule has 0 saturated carbocycles. The molecular formula is C20H16Cl2N2O4S. The molecule has 29 heavy (non-hydrogen) atoms. The topological polar surface area (TPSA) is 77.0 Å². The smallest absolute Gasteiger partial charge is 0.286 e. The number of hydrogen-bond donors (Lipinski definition) is 1. The lowest BCUT2D eigenvalue weighted by molar-refractivity contribution is -0.117. The van der Waals surface area contributed by atoms with Crippen molar-refractivity contribution in [3.8, 4) is 11.5 Å². The Labute approximate surface area is 181 Å². The number of rotatable bonds is 5. The van der Waals surface area contributed by atoms with E-state index in [-0.39, 0.29) is 17.7 Å². The van der Waals surface area contributed by atoms with Crippen LogP contribution in [0.2, 0.25) is 10.0 Å². The Kier molecular flexibility index (Phi) is 6.84. The number of nitrogens with zero attached hydrogens (tertiary/aromatic N) is 1. The summed E-state index contributed by atoms with van der Waals surface area (Å²) in [7, 11) is 1.53. The first-order chi connectivity index (χ1) is 13.9. The van der Waals surface area contributed by atoms with E-state index in [4.69, 9.17) is 32.7 Å². The van der Waals surface area contributed by atoms with Crippen molar-refractivity contribution in [1.29, 1.82) is 0 Å². The molecule has 1 aliphatic heterocycles. The lowest BCUT2D eigenvalue weighted by atomic mass is 10.2. The van der Waals surface area contributed by atoms with E-state index in [2.05, 4.69) is 10.3 Å². The zero-order chi connectivity index (χ0) is 21.0. The van der Waals surface area contributed by atoms with Gasteiger partial charge in [-0.25, -0.2) is 0 Å². The maximum atomic E-state index is 12.0. The fraction of sp³-hybridized carbons (Fsp3) is 0.150. The van der Waals surface area contributed by atoms with Gasteiger partial charge < -0.3 is 14.8 Å². The zero-order valence-corrected chi connectivity index (χ0v) is 17.8. The Balaban J connectivity index is 1.74. The minimum absolute atomic E-state index is 0.245. The van der Waals surface area contributed by atoms with Gasteiger partial charge in [0.25, 0.3) is 5.91 Å². The summed E-state index contributed by atoms with van der Waals surface area (Å²) in [5.74, 6) is 0.342. The highest BCUT2D eigenvalue weighted by Crippen LogP contribution is 2.33. The van der Waals surface area contributed by atoms with Crippen LogP contribution in [0, 0.1) is 0 Å². The number of amidine groups is 1. The van der Waals surface area contributed by atoms with E-state index in [1.165, 1.54) is 14.0 Å². The zero-order valence-electron chi connectivity index (χ0n) is 15.5. The molecule has 6 nitrogen and oxygen atoms in total. The van der Waals surface area contributed by atoms with Crippen LogP contribution in [0.5, 0.6) is 11.5 Å². The van der Waals surface area contributed by atoms with Crippen molar-refractivity contribution in [2.75, 3.05) is 7.11 Å². The molecule has 2 aromatic rings. The van der Waals surface area contributed by atoms with Crippen molar-refractivity contribution in [2.45, 2.75) is 13.5 Å². The average Bonchev–Trinajstić information content (AvgIpc) is 2.99. The minimum Gasteiger partial charge on any atom is -0.493 e. The van der Waals surface area contributed by atoms with E-state index in [1.807, 2.05) is 0 Å². The van der Waals surface area contributed by atoms with Gasteiger partial charge in [-0.1, -0.05) is 35.3 Å². The summed E-state index contributed by atoms with van der Waals surface area (Å²) >= 11 is 13.2. The third kappa shape index (κ3) is 5.53. The van der Waals surface area contributed by atoms with Crippen LogP contribution in [-0.4, -0.2) is 24.1 Å². The van der Waals surface area contributed by atoms with Gasteiger partial charge in [0.05, 0.1) is 12.0 Å². The van der Waals surface area contributed by atoms with Gasteiger partial charge in [-0.15, -0.1) is 0 Å². The lowest BCUT2D eigenvalue weighted by Crippen LogP contribution is -2.23. The summed E-state index contributed by atoms with van der Waals surface area (Å²) in [6.45, 7) is 1.60. The fourth-order valence-corrected chi connectivity index (χ4v) is 3.77. The molecule has 1 N–H and O–H groups in total. The molecule has 1 heterocycles. The Morgan fingerprint density at radius 1 is 1.21 bits per heavy atom. The molecule has 9 heteroatoms. The number of ether oxygens (including phenoxy) is 2. The van der Waals surface area contributed by atoms with Crippen LogP contribution in [0.25, 0.3) is 6.08 Å². The molecule has 1 aliphatic rings. The molecule has 0 aliphatic carbocycles. The molecule has 0 radical (unpaired) electrons. The van der Waals surface area contributed by atoms with Gasteiger partial charge in [-0.2, -0.15) is 4.99 Å². The highest BCUT2D eigenvalue weighted by atomic mass is 35.5. The second kappa shape index (κ2) is 9.35. The largest absolute Gasteiger partial charge is 0.493 e. The molecular weight excluding hydrogens is 435 g/mol. The number of hydrogen-bond acceptors (Lipinski definition) is 5. The number of nitrogens with one attached hydrogen (secondary N) is 1. The molecule has 0 atom stereocenters. The van der Waals surface area contributed by atoms with Crippen molar-refractivity contribution in [3.63, 3.8) is 0 Å². The van der Waals surface area contributed by atoms with Crippen molar-refractivity contribution < 1.29 is 19.1 Å². The standard InChI is InChI=1S/C20H16Cl2N2O4S/c1-11(25)23-20-24-19(26)18(29-20)8-12-3-6-16(17(7-12)27-2)28-10-13-4-5-14(21)9-15(13)22/h3-9H,10H2,1-2H3,(H,23,24,25,26). The van der Waals surface area contributed by atoms with Crippen LogP contribution in [0.1, 0.15) is 18.1 Å². The first kappa shape index (κ1) is 21.2. The predicted octanol–water partition coefficient (Wildman–Crippen LogP) is 4.69. The van der Waals surface area contributed by atoms with Crippen molar-refractivity contribution in [3.05, 3.63) is 62.5 Å². The lowest BCUT2D eigenvalue weighted by Gasteiger charge is -2.12. The number of methoxy groups -OCH3 is 1. The first-order valence-corrected chi connectivity index (χ1v) is 9.98. The van der Waals surface area contributed by atoms with Gasteiger partial charge in [-0.05, 0) is 47.7 Å². The van der Waals surface area contributed by atoms with E-state index >= 15 is 0 Å². The van der Waals surface area contributed by atoms with E-state index in [1.54, 1.807) is 42.5 Å². The summed E-state index contributed by atoms with van der Waals surface area (Å²) in [6.07, 6.45) is 1.67. The van der Waals surface area contributed by atoms with E-state index in [0.717, 1.165) is 22.9 Å². The number of halogens is 2. The minimum atomic E-state index is -0.407. The van der Waals surface area contributed by atoms with Crippen LogP contribution in [-0.2, 0) is 16.2 Å². The van der Waals surface area contributed by atoms with E-state index in [9.17, 15) is 9.59 Å². The normalized spacial score (nSPS) is 14.7. The third-order valence-electron chi connectivity index (χ3n) is 3.79. The second-order valence-corrected chi connectivity index (χ2v) is 7.82. The second-order valence-electron chi connectivity index (χ2n) is 5.95. The van der Waals surface area contributed by atoms with Crippen LogP contribution >= 0.6 is 35.0 Å². The molecule has 0 bridgehead atoms. The summed E-state index contributed by atoms with van der Waals surface area (Å²) in [6, 6.07) is 10.5. The van der Waals surface area contributed by atoms with Crippen LogP contribution in [0.15, 0.2) is 46.3 Å². The van der Waals surface area contributed by atoms with Gasteiger partial charge >= 0.3 is 0 Å². The van der Waals surface area contributed by atoms with E-state index < -0.39 is 5.91 Å². The number of thioether (sulfide) groups is 1. The number of aliphatic imine (C=N–C) groups is 1. The van der Waals surface area contributed by atoms with Crippen molar-refractivity contribution in [2.24, 2.45) is 4.99 Å². The molecule has 0 spiro atoms. The van der Waals surface area contributed by atoms with Gasteiger partial charge in [0.2, 0.25) is 5.91 Å². The average molecular weight is 451 g/mol. The monoisotopic (exact) mass is 450 g/mol. The third-order valence-corrected chi connectivity index (χ3v) is 5.27. The van der Waals surface area contributed by atoms with Crippen LogP contribution in [0.4, 0.5) is 0 Å². The quantitative estimate of drug-likeness (QED) is 0.668. The van der Waals surface area contributed by atoms with Crippen molar-refractivity contribution >= 4 is 58.0 Å². The molecule has 3 rings (SSSR count). The maximum Gasteiger partial charge on any atom is 0.286 e. The van der Waals surface area contributed by atoms with Gasteiger partial charge in [0.15, 0.2) is 16.7 Å². The predicted molar refractivity (Wildman–Crippen MR) is 116 cm³/mol. The van der Waals surface area contributed by atoms with E-state index in [0.29, 0.717) is 26.4 Å². The fourth-order valence-electron chi connectivity index (χ4n) is 2.45. The molecule has 0 saturated heterocycles. The molecule has 0 aromatic heterocycles. The highest BCUT2D eigenvalue weighted by Gasteiger charge is 2.22. The van der Waals surface area contributed by atoms with Crippen LogP contribution < -0.4 is 14.8 Å². The summed E-state index contributed by atoms with van der Waals surface area (Å²) < 4.78 is 11.2. The maximum absolute atomic E-state index is 12.0. The molecule has 0 fully saturated rings. The Morgan fingerprint density at radius 2 is 2.00 bits per heavy atom. The number of amides is 2. The Morgan fingerprint density at radius 3 is 2.69 bits per heavy atom. The Bertz CT molecular complexity index is 1040. The van der Waals surface area contributed by atoms with Gasteiger partial charge in [-0.3, -0.25) is 9.59 Å². The van der Waals surface area contributed by atoms with Gasteiger partial charge in [0, 0.05) is 22.5 Å². The molecule has 150 valence electrons. The highest BCUT2D eigenvalue weighted by molar-refractivity contribution is 8.18. The number of benzene rings is 2. The number of carbonyl (C=O) groups is 2. The van der Waals surface area contributed by atoms with Gasteiger partial charge in [0.1, 0.15) is 6.61 Å². The van der Waals surface area contributed by atoms with Crippen LogP contribution in [0.3, 0.4) is 0 Å². The summed E-state index contributed by atoms with van der Waals surface area (Å²) in [5.41, 5.74) is 1.52. The molecule has 0 unspecified atom stereocenters. The van der Waals surface area contributed by atoms with Crippen molar-refractivity contribution in [1.82, 2.24) is 5.32 Å². The summed E-state index contributed by atoms with van der Waals surface area (Å²) in [4.78, 5) is 27.3. The Hall–Kier alpha value is -2.48. The number of carbonyl (C=O) groups excluding carboxylic acids is 2. The summed E-state index contributed by atoms with van der Waals surface area (Å²) in [5, 5.41) is 3.85. The SMILES string of the molecule is COc1cc(C=C2SC(NC(C)=O)=NC2=O)ccc1OCc1ccc(Cl)cc1Cl. The first-order valence-electron chi connectivity index (χ1n) is 8.40. The molecule has 2 aromatic carbocycles.